The molecular formula is C16H29NO2. The van der Waals surface area contributed by atoms with Gasteiger partial charge in [-0.05, 0) is 59.3 Å². The highest BCUT2D eigenvalue weighted by Gasteiger charge is 2.38. The molecule has 0 aromatic carbocycles. The summed E-state index contributed by atoms with van der Waals surface area (Å²) >= 11 is 0. The third kappa shape index (κ3) is 3.13. The molecule has 2 aliphatic rings. The van der Waals surface area contributed by atoms with E-state index in [-0.39, 0.29) is 18.1 Å². The van der Waals surface area contributed by atoms with Gasteiger partial charge in [0.1, 0.15) is 0 Å². The van der Waals surface area contributed by atoms with Crippen molar-refractivity contribution in [3.8, 4) is 0 Å². The Bertz CT molecular complexity index is 311. The van der Waals surface area contributed by atoms with Crippen LogP contribution < -0.4 is 0 Å². The lowest BCUT2D eigenvalue weighted by atomic mass is 9.82. The Morgan fingerprint density at radius 2 is 1.53 bits per heavy atom. The normalized spacial score (nSPS) is 41.3. The minimum Gasteiger partial charge on any atom is -0.376 e. The molecule has 5 atom stereocenters. The predicted molar refractivity (Wildman–Crippen MR) is 76.9 cm³/mol. The molecule has 0 bridgehead atoms. The van der Waals surface area contributed by atoms with Gasteiger partial charge in [0, 0.05) is 18.0 Å². The van der Waals surface area contributed by atoms with Crippen molar-refractivity contribution in [1.29, 1.82) is 0 Å². The molecule has 3 nitrogen and oxygen atoms in total. The largest absolute Gasteiger partial charge is 0.376 e. The van der Waals surface area contributed by atoms with Gasteiger partial charge in [0.05, 0.1) is 12.2 Å². The number of hydrogen-bond donors (Lipinski definition) is 0. The molecule has 4 unspecified atom stereocenters. The van der Waals surface area contributed by atoms with Crippen molar-refractivity contribution in [2.24, 2.45) is 11.8 Å². The van der Waals surface area contributed by atoms with E-state index in [4.69, 9.17) is 4.74 Å². The smallest absolute Gasteiger partial charge is 0.226 e. The van der Waals surface area contributed by atoms with Crippen molar-refractivity contribution in [1.82, 2.24) is 4.90 Å². The molecule has 0 aromatic heterocycles. The molecule has 0 N–H and O–H groups in total. The Kier molecular flexibility index (Phi) is 4.54. The molecule has 0 radical (unpaired) electrons. The Morgan fingerprint density at radius 1 is 1.05 bits per heavy atom. The highest BCUT2D eigenvalue weighted by molar-refractivity contribution is 5.79. The van der Waals surface area contributed by atoms with E-state index in [2.05, 4.69) is 39.5 Å². The fourth-order valence-corrected chi connectivity index (χ4v) is 3.93. The highest BCUT2D eigenvalue weighted by Crippen LogP contribution is 2.34. The van der Waals surface area contributed by atoms with Crippen LogP contribution in [0.4, 0.5) is 0 Å². The topological polar surface area (TPSA) is 29.5 Å². The third-order valence-electron chi connectivity index (χ3n) is 5.04. The average Bonchev–Trinajstić information content (AvgIpc) is 2.66. The maximum atomic E-state index is 12.8. The lowest BCUT2D eigenvalue weighted by molar-refractivity contribution is -0.142. The van der Waals surface area contributed by atoms with Gasteiger partial charge in [-0.2, -0.15) is 0 Å². The quantitative estimate of drug-likeness (QED) is 0.769. The lowest BCUT2D eigenvalue weighted by Gasteiger charge is -2.37. The summed E-state index contributed by atoms with van der Waals surface area (Å²) in [5.74, 6) is 0.979. The van der Waals surface area contributed by atoms with Gasteiger partial charge >= 0.3 is 0 Å². The molecule has 3 heteroatoms. The summed E-state index contributed by atoms with van der Waals surface area (Å²) in [7, 11) is 0. The second-order valence-corrected chi connectivity index (χ2v) is 6.80. The SMILES string of the molecule is CC1CC(C(C)C(=O)N2C(C)CC[C@H]2C)CC(C)O1. The number of hydrogen-bond acceptors (Lipinski definition) is 2. The van der Waals surface area contributed by atoms with E-state index in [1.807, 2.05) is 0 Å². The fourth-order valence-electron chi connectivity index (χ4n) is 3.93. The van der Waals surface area contributed by atoms with Crippen LogP contribution >= 0.6 is 0 Å². The summed E-state index contributed by atoms with van der Waals surface area (Å²) in [6.45, 7) is 10.7. The first-order chi connectivity index (χ1) is 8.90. The van der Waals surface area contributed by atoms with E-state index >= 15 is 0 Å². The first-order valence-corrected chi connectivity index (χ1v) is 7.87. The monoisotopic (exact) mass is 267 g/mol. The summed E-state index contributed by atoms with van der Waals surface area (Å²) in [6.07, 6.45) is 4.93. The highest BCUT2D eigenvalue weighted by atomic mass is 16.5. The van der Waals surface area contributed by atoms with E-state index in [9.17, 15) is 4.79 Å². The molecule has 110 valence electrons. The average molecular weight is 267 g/mol. The van der Waals surface area contributed by atoms with Gasteiger partial charge in [0.25, 0.3) is 0 Å². The molecule has 1 amide bonds. The summed E-state index contributed by atoms with van der Waals surface area (Å²) in [5.41, 5.74) is 0. The zero-order chi connectivity index (χ0) is 14.2. The summed E-state index contributed by atoms with van der Waals surface area (Å²) in [6, 6.07) is 0.833. The van der Waals surface area contributed by atoms with Gasteiger partial charge in [-0.25, -0.2) is 0 Å². The molecule has 0 aliphatic carbocycles. The van der Waals surface area contributed by atoms with Gasteiger partial charge in [-0.3, -0.25) is 4.79 Å². The van der Waals surface area contributed by atoms with Crippen LogP contribution in [0.15, 0.2) is 0 Å². The Hall–Kier alpha value is -0.570. The van der Waals surface area contributed by atoms with Gasteiger partial charge < -0.3 is 9.64 Å². The van der Waals surface area contributed by atoms with Crippen LogP contribution in [0.25, 0.3) is 0 Å². The molecular weight excluding hydrogens is 238 g/mol. The zero-order valence-corrected chi connectivity index (χ0v) is 13.1. The van der Waals surface area contributed by atoms with Gasteiger partial charge in [-0.1, -0.05) is 6.92 Å². The fraction of sp³-hybridized carbons (Fsp3) is 0.938. The minimum atomic E-state index is 0.136. The van der Waals surface area contributed by atoms with Crippen LogP contribution in [0, 0.1) is 11.8 Å². The number of carbonyl (C=O) groups excluding carboxylic acids is 1. The minimum absolute atomic E-state index is 0.136. The Morgan fingerprint density at radius 3 is 2.00 bits per heavy atom. The van der Waals surface area contributed by atoms with E-state index < -0.39 is 0 Å². The van der Waals surface area contributed by atoms with E-state index in [0.29, 0.717) is 23.9 Å². The first kappa shape index (κ1) is 14.8. The first-order valence-electron chi connectivity index (χ1n) is 7.87. The molecule has 2 aliphatic heterocycles. The maximum Gasteiger partial charge on any atom is 0.226 e. The molecule has 0 spiro atoms. The van der Waals surface area contributed by atoms with Gasteiger partial charge in [0.2, 0.25) is 5.91 Å². The number of likely N-dealkylation sites (tertiary alicyclic amines) is 1. The molecule has 0 saturated carbocycles. The van der Waals surface area contributed by atoms with Crippen molar-refractivity contribution in [2.75, 3.05) is 0 Å². The standard InChI is InChI=1S/C16H29NO2/c1-10-6-7-11(2)17(10)16(18)14(5)15-8-12(3)19-13(4)9-15/h10-15H,6-9H2,1-5H3/t10-,11?,12?,13?,14?,15?/m1/s1. The number of ether oxygens (including phenoxy) is 1. The predicted octanol–water partition coefficient (Wildman–Crippen LogP) is 3.23. The van der Waals surface area contributed by atoms with E-state index in [1.165, 1.54) is 0 Å². The maximum absolute atomic E-state index is 12.8. The third-order valence-corrected chi connectivity index (χ3v) is 5.04. The lowest BCUT2D eigenvalue weighted by Crippen LogP contribution is -2.45. The van der Waals surface area contributed by atoms with Crippen LogP contribution in [0.5, 0.6) is 0 Å². The molecule has 2 saturated heterocycles. The van der Waals surface area contributed by atoms with E-state index in [1.54, 1.807) is 0 Å². The molecule has 2 heterocycles. The number of rotatable bonds is 2. The van der Waals surface area contributed by atoms with Crippen molar-refractivity contribution in [2.45, 2.75) is 84.6 Å². The number of amides is 1. The number of carbonyl (C=O) groups is 1. The van der Waals surface area contributed by atoms with E-state index in [0.717, 1.165) is 25.7 Å². The van der Waals surface area contributed by atoms with Gasteiger partial charge in [0.15, 0.2) is 0 Å². The van der Waals surface area contributed by atoms with Crippen molar-refractivity contribution in [3.63, 3.8) is 0 Å². The number of nitrogens with zero attached hydrogens (tertiary/aromatic N) is 1. The summed E-state index contributed by atoms with van der Waals surface area (Å²) in [5, 5.41) is 0. The Labute approximate surface area is 117 Å². The summed E-state index contributed by atoms with van der Waals surface area (Å²) in [4.78, 5) is 14.9. The Balaban J connectivity index is 2.02. The molecule has 2 fully saturated rings. The van der Waals surface area contributed by atoms with Crippen LogP contribution in [0.3, 0.4) is 0 Å². The molecule has 0 aromatic rings. The second kappa shape index (κ2) is 5.82. The van der Waals surface area contributed by atoms with Crippen LogP contribution in [-0.2, 0) is 9.53 Å². The van der Waals surface area contributed by atoms with Crippen LogP contribution in [-0.4, -0.2) is 35.1 Å². The second-order valence-electron chi connectivity index (χ2n) is 6.80. The van der Waals surface area contributed by atoms with Gasteiger partial charge in [-0.15, -0.1) is 0 Å². The van der Waals surface area contributed by atoms with Crippen molar-refractivity contribution in [3.05, 3.63) is 0 Å². The van der Waals surface area contributed by atoms with Crippen molar-refractivity contribution < 1.29 is 9.53 Å². The molecule has 19 heavy (non-hydrogen) atoms. The van der Waals surface area contributed by atoms with Crippen LogP contribution in [0.2, 0.25) is 0 Å². The zero-order valence-electron chi connectivity index (χ0n) is 13.1. The van der Waals surface area contributed by atoms with Crippen molar-refractivity contribution >= 4 is 5.91 Å². The summed E-state index contributed by atoms with van der Waals surface area (Å²) < 4.78 is 5.79. The molecule has 2 rings (SSSR count). The van der Waals surface area contributed by atoms with Crippen LogP contribution in [0.1, 0.15) is 60.3 Å².